The number of rotatable bonds is 5. The lowest BCUT2D eigenvalue weighted by Crippen LogP contribution is -2.30. The summed E-state index contributed by atoms with van der Waals surface area (Å²) < 4.78 is 18.7. The zero-order valence-corrected chi connectivity index (χ0v) is 14.5. The van der Waals surface area contributed by atoms with E-state index in [0.717, 1.165) is 12.1 Å². The minimum absolute atomic E-state index is 0.0698. The Balaban J connectivity index is 2.07. The molecule has 2 aromatic carbocycles. The molecule has 0 unspecified atom stereocenters. The highest BCUT2D eigenvalue weighted by Gasteiger charge is 2.22. The maximum Gasteiger partial charge on any atom is 0.339 e. The number of anilines is 1. The number of hydrogen-bond donors (Lipinski definition) is 1. The average molecular weight is 381 g/mol. The Morgan fingerprint density at radius 3 is 2.58 bits per heavy atom. The van der Waals surface area contributed by atoms with Crippen LogP contribution in [0.4, 0.5) is 15.8 Å². The molecule has 2 rings (SSSR count). The normalized spacial score (nSPS) is 11.5. The van der Waals surface area contributed by atoms with Crippen molar-refractivity contribution in [1.29, 1.82) is 0 Å². The lowest BCUT2D eigenvalue weighted by molar-refractivity contribution is -0.385. The molecule has 1 atom stereocenters. The Labute approximate surface area is 152 Å². The molecule has 0 saturated carbocycles. The number of nitrogens with zero attached hydrogens (tertiary/aromatic N) is 1. The number of halogens is 2. The Morgan fingerprint density at radius 2 is 1.96 bits per heavy atom. The number of nitrogens with one attached hydrogen (secondary N) is 1. The van der Waals surface area contributed by atoms with Gasteiger partial charge in [-0.1, -0.05) is 17.7 Å². The van der Waals surface area contributed by atoms with Crippen LogP contribution < -0.4 is 5.32 Å². The minimum Gasteiger partial charge on any atom is -0.449 e. The highest BCUT2D eigenvalue weighted by molar-refractivity contribution is 6.30. The van der Waals surface area contributed by atoms with Gasteiger partial charge in [0.1, 0.15) is 5.82 Å². The van der Waals surface area contributed by atoms with Gasteiger partial charge in [0.25, 0.3) is 11.6 Å². The zero-order chi connectivity index (χ0) is 19.4. The van der Waals surface area contributed by atoms with E-state index in [9.17, 15) is 24.1 Å². The summed E-state index contributed by atoms with van der Waals surface area (Å²) in [6, 6.07) is 7.52. The van der Waals surface area contributed by atoms with Gasteiger partial charge in [-0.25, -0.2) is 9.18 Å². The van der Waals surface area contributed by atoms with E-state index in [2.05, 4.69) is 5.32 Å². The number of amides is 1. The molecule has 0 heterocycles. The van der Waals surface area contributed by atoms with Crippen LogP contribution in [-0.4, -0.2) is 22.9 Å². The molecule has 0 bridgehead atoms. The first-order chi connectivity index (χ1) is 12.2. The van der Waals surface area contributed by atoms with Gasteiger partial charge in [0.05, 0.1) is 16.2 Å². The fourth-order valence-corrected chi connectivity index (χ4v) is 2.20. The highest BCUT2D eigenvalue weighted by atomic mass is 35.5. The maximum absolute atomic E-state index is 13.7. The largest absolute Gasteiger partial charge is 0.449 e. The molecule has 2 aromatic rings. The summed E-state index contributed by atoms with van der Waals surface area (Å²) in [6.07, 6.45) is -1.25. The third-order valence-corrected chi connectivity index (χ3v) is 3.72. The van der Waals surface area contributed by atoms with Crippen molar-refractivity contribution in [2.24, 2.45) is 0 Å². The predicted molar refractivity (Wildman–Crippen MR) is 92.8 cm³/mol. The molecule has 26 heavy (non-hydrogen) atoms. The van der Waals surface area contributed by atoms with Gasteiger partial charge in [-0.3, -0.25) is 14.9 Å². The summed E-state index contributed by atoms with van der Waals surface area (Å²) in [6.45, 7) is 2.83. The molecule has 136 valence electrons. The SMILES string of the molecule is Cc1ccc(C(=O)O[C@H](C)C(=O)Nc2ccc(Cl)cc2F)cc1[N+](=O)[O-]. The van der Waals surface area contributed by atoms with E-state index in [0.29, 0.717) is 5.56 Å². The molecular formula is C17H14ClFN2O5. The summed E-state index contributed by atoms with van der Waals surface area (Å²) in [5, 5.41) is 13.4. The maximum atomic E-state index is 13.7. The number of esters is 1. The van der Waals surface area contributed by atoms with E-state index in [1.807, 2.05) is 0 Å². The van der Waals surface area contributed by atoms with Crippen molar-refractivity contribution in [2.75, 3.05) is 5.32 Å². The van der Waals surface area contributed by atoms with Gasteiger partial charge < -0.3 is 10.1 Å². The number of nitro groups is 1. The average Bonchev–Trinajstić information content (AvgIpc) is 2.57. The quantitative estimate of drug-likeness (QED) is 0.482. The van der Waals surface area contributed by atoms with Crippen LogP contribution in [0.5, 0.6) is 0 Å². The minimum atomic E-state index is -1.25. The van der Waals surface area contributed by atoms with Gasteiger partial charge in [0, 0.05) is 16.7 Å². The summed E-state index contributed by atoms with van der Waals surface area (Å²) in [5.41, 5.74) is -0.0387. The van der Waals surface area contributed by atoms with Crippen LogP contribution in [0.15, 0.2) is 36.4 Å². The van der Waals surface area contributed by atoms with Gasteiger partial charge in [-0.05, 0) is 38.1 Å². The van der Waals surface area contributed by atoms with Crippen molar-refractivity contribution in [1.82, 2.24) is 0 Å². The van der Waals surface area contributed by atoms with Crippen molar-refractivity contribution in [3.8, 4) is 0 Å². The second-order valence-electron chi connectivity index (χ2n) is 5.42. The Kier molecular flexibility index (Phi) is 5.89. The number of carbonyl (C=O) groups excluding carboxylic acids is 2. The molecule has 1 N–H and O–H groups in total. The van der Waals surface area contributed by atoms with Crippen LogP contribution in [0.1, 0.15) is 22.8 Å². The zero-order valence-electron chi connectivity index (χ0n) is 13.8. The molecule has 1 amide bonds. The Bertz CT molecular complexity index is 887. The molecule has 9 heteroatoms. The van der Waals surface area contributed by atoms with E-state index in [1.165, 1.54) is 38.1 Å². The third-order valence-electron chi connectivity index (χ3n) is 3.48. The summed E-state index contributed by atoms with van der Waals surface area (Å²) >= 11 is 5.63. The number of benzene rings is 2. The van der Waals surface area contributed by atoms with Crippen molar-refractivity contribution in [3.05, 3.63) is 68.5 Å². The molecule has 0 radical (unpaired) electrons. The van der Waals surface area contributed by atoms with Crippen LogP contribution in [0, 0.1) is 22.9 Å². The van der Waals surface area contributed by atoms with Gasteiger partial charge >= 0.3 is 5.97 Å². The first-order valence-electron chi connectivity index (χ1n) is 7.41. The molecule has 0 aliphatic rings. The van der Waals surface area contributed by atoms with E-state index in [4.69, 9.17) is 16.3 Å². The van der Waals surface area contributed by atoms with Crippen molar-refractivity contribution in [3.63, 3.8) is 0 Å². The van der Waals surface area contributed by atoms with E-state index >= 15 is 0 Å². The number of hydrogen-bond acceptors (Lipinski definition) is 5. The smallest absolute Gasteiger partial charge is 0.339 e. The molecule has 0 fully saturated rings. The second-order valence-corrected chi connectivity index (χ2v) is 5.86. The fraction of sp³-hybridized carbons (Fsp3) is 0.176. The standard InChI is InChI=1S/C17H14ClFN2O5/c1-9-3-4-11(7-15(9)21(24)25)17(23)26-10(2)16(22)20-14-6-5-12(18)8-13(14)19/h3-8,10H,1-2H3,(H,20,22)/t10-/m1/s1. The molecule has 0 aliphatic heterocycles. The van der Waals surface area contributed by atoms with Gasteiger partial charge in [0.2, 0.25) is 0 Å². The lowest BCUT2D eigenvalue weighted by Gasteiger charge is -2.14. The van der Waals surface area contributed by atoms with E-state index in [1.54, 1.807) is 0 Å². The van der Waals surface area contributed by atoms with Gasteiger partial charge in [-0.15, -0.1) is 0 Å². The Morgan fingerprint density at radius 1 is 1.27 bits per heavy atom. The molecule has 0 saturated heterocycles. The summed E-state index contributed by atoms with van der Waals surface area (Å²) in [7, 11) is 0. The van der Waals surface area contributed by atoms with Crippen molar-refractivity contribution in [2.45, 2.75) is 20.0 Å². The number of carbonyl (C=O) groups is 2. The molecule has 0 spiro atoms. The first-order valence-corrected chi connectivity index (χ1v) is 7.78. The molecule has 0 aromatic heterocycles. The fourth-order valence-electron chi connectivity index (χ4n) is 2.04. The number of ether oxygens (including phenoxy) is 1. The van der Waals surface area contributed by atoms with Crippen LogP contribution in [0.3, 0.4) is 0 Å². The van der Waals surface area contributed by atoms with Gasteiger partial charge in [-0.2, -0.15) is 0 Å². The van der Waals surface area contributed by atoms with Crippen LogP contribution in [0.2, 0.25) is 5.02 Å². The van der Waals surface area contributed by atoms with Crippen LogP contribution >= 0.6 is 11.6 Å². The lowest BCUT2D eigenvalue weighted by atomic mass is 10.1. The molecule has 0 aliphatic carbocycles. The van der Waals surface area contributed by atoms with Crippen LogP contribution in [0.25, 0.3) is 0 Å². The van der Waals surface area contributed by atoms with Crippen molar-refractivity contribution < 1.29 is 23.6 Å². The van der Waals surface area contributed by atoms with Crippen LogP contribution in [-0.2, 0) is 9.53 Å². The highest BCUT2D eigenvalue weighted by Crippen LogP contribution is 2.21. The third kappa shape index (κ3) is 4.54. The second kappa shape index (κ2) is 7.92. The monoisotopic (exact) mass is 380 g/mol. The topological polar surface area (TPSA) is 98.5 Å². The number of nitro benzene ring substituents is 1. The Hall–Kier alpha value is -3.00. The van der Waals surface area contributed by atoms with Gasteiger partial charge in [0.15, 0.2) is 6.10 Å². The first kappa shape index (κ1) is 19.3. The molecular weight excluding hydrogens is 367 g/mol. The number of aryl methyl sites for hydroxylation is 1. The summed E-state index contributed by atoms with van der Waals surface area (Å²) in [5.74, 6) is -2.41. The summed E-state index contributed by atoms with van der Waals surface area (Å²) in [4.78, 5) is 34.5. The molecule has 7 nitrogen and oxygen atoms in total. The van der Waals surface area contributed by atoms with E-state index < -0.39 is 28.7 Å². The predicted octanol–water partition coefficient (Wildman–Crippen LogP) is 3.88. The van der Waals surface area contributed by atoms with Crippen molar-refractivity contribution >= 4 is 34.9 Å². The van der Waals surface area contributed by atoms with E-state index in [-0.39, 0.29) is 22.0 Å².